The van der Waals surface area contributed by atoms with E-state index in [1.165, 1.54) is 0 Å². The van der Waals surface area contributed by atoms with Gasteiger partial charge in [0.2, 0.25) is 0 Å². The molecule has 1 fully saturated rings. The van der Waals surface area contributed by atoms with Crippen LogP contribution < -0.4 is 10.6 Å². The zero-order valence-corrected chi connectivity index (χ0v) is 14.5. The maximum Gasteiger partial charge on any atom is 0.315 e. The average Bonchev–Trinajstić information content (AvgIpc) is 3.20. The number of ether oxygens (including phenoxy) is 1. The average molecular weight is 343 g/mol. The van der Waals surface area contributed by atoms with Gasteiger partial charge in [0, 0.05) is 38.4 Å². The second-order valence-corrected chi connectivity index (χ2v) is 6.23. The molecule has 1 aromatic heterocycles. The molecule has 1 aliphatic heterocycles. The molecule has 0 unspecified atom stereocenters. The van der Waals surface area contributed by atoms with Crippen LogP contribution in [0, 0.1) is 0 Å². The number of morpholine rings is 1. The van der Waals surface area contributed by atoms with Crippen LogP contribution in [0.15, 0.2) is 36.5 Å². The summed E-state index contributed by atoms with van der Waals surface area (Å²) in [6.07, 6.45) is 1.73. The molecule has 1 saturated heterocycles. The summed E-state index contributed by atoms with van der Waals surface area (Å²) in [4.78, 5) is 14.3. The maximum absolute atomic E-state index is 12.0. The number of carbonyl (C=O) groups excluding carboxylic acids is 1. The number of nitrogens with one attached hydrogen (secondary N) is 3. The van der Waals surface area contributed by atoms with Crippen molar-refractivity contribution >= 4 is 6.03 Å². The second kappa shape index (κ2) is 8.64. The van der Waals surface area contributed by atoms with Crippen molar-refractivity contribution in [1.29, 1.82) is 0 Å². The number of hydrogen-bond acceptors (Lipinski definition) is 4. The summed E-state index contributed by atoms with van der Waals surface area (Å²) in [6, 6.07) is 10.1. The van der Waals surface area contributed by atoms with E-state index in [0.717, 1.165) is 43.1 Å². The smallest absolute Gasteiger partial charge is 0.315 e. The van der Waals surface area contributed by atoms with Crippen molar-refractivity contribution in [1.82, 2.24) is 25.7 Å². The van der Waals surface area contributed by atoms with E-state index in [4.69, 9.17) is 4.74 Å². The number of benzene rings is 1. The van der Waals surface area contributed by atoms with Crippen LogP contribution in [0.3, 0.4) is 0 Å². The Hall–Kier alpha value is -2.38. The fourth-order valence-electron chi connectivity index (χ4n) is 2.85. The first kappa shape index (κ1) is 17.4. The molecule has 0 aliphatic carbocycles. The molecular formula is C18H25N5O2. The van der Waals surface area contributed by atoms with Gasteiger partial charge in [0.15, 0.2) is 0 Å². The predicted molar refractivity (Wildman–Crippen MR) is 96.1 cm³/mol. The number of aromatic nitrogens is 2. The first-order valence-corrected chi connectivity index (χ1v) is 8.64. The molecule has 3 rings (SSSR count). The number of rotatable bonds is 6. The maximum atomic E-state index is 12.0. The molecule has 1 atom stereocenters. The second-order valence-electron chi connectivity index (χ2n) is 6.23. The fraction of sp³-hybridized carbons (Fsp3) is 0.444. The molecule has 2 aromatic rings. The SMILES string of the molecule is C[C@@H](CNC(=O)NCc1ccc(-c2ccn[nH]2)cc1)N1CCOCC1. The molecule has 0 radical (unpaired) electrons. The summed E-state index contributed by atoms with van der Waals surface area (Å²) in [5.41, 5.74) is 3.11. The van der Waals surface area contributed by atoms with Gasteiger partial charge in [0.1, 0.15) is 0 Å². The lowest BCUT2D eigenvalue weighted by Gasteiger charge is -2.32. The van der Waals surface area contributed by atoms with Gasteiger partial charge in [-0.25, -0.2) is 4.79 Å². The van der Waals surface area contributed by atoms with Crippen molar-refractivity contribution in [2.24, 2.45) is 0 Å². The molecule has 2 heterocycles. The van der Waals surface area contributed by atoms with Crippen LogP contribution in [0.2, 0.25) is 0 Å². The number of nitrogens with zero attached hydrogens (tertiary/aromatic N) is 2. The number of hydrogen-bond donors (Lipinski definition) is 3. The molecule has 134 valence electrons. The van der Waals surface area contributed by atoms with Crippen LogP contribution in [-0.2, 0) is 11.3 Å². The van der Waals surface area contributed by atoms with Crippen LogP contribution in [0.5, 0.6) is 0 Å². The van der Waals surface area contributed by atoms with Crippen molar-refractivity contribution in [2.75, 3.05) is 32.8 Å². The molecule has 7 nitrogen and oxygen atoms in total. The van der Waals surface area contributed by atoms with Crippen LogP contribution in [0.1, 0.15) is 12.5 Å². The summed E-state index contributed by atoms with van der Waals surface area (Å²) in [6.45, 7) is 6.64. The van der Waals surface area contributed by atoms with Crippen LogP contribution in [-0.4, -0.2) is 60.0 Å². The van der Waals surface area contributed by atoms with Gasteiger partial charge in [-0.1, -0.05) is 24.3 Å². The molecular weight excluding hydrogens is 318 g/mol. The molecule has 0 bridgehead atoms. The summed E-state index contributed by atoms with van der Waals surface area (Å²) < 4.78 is 5.35. The Bertz CT molecular complexity index is 651. The van der Waals surface area contributed by atoms with Crippen molar-refractivity contribution in [3.8, 4) is 11.3 Å². The highest BCUT2D eigenvalue weighted by Gasteiger charge is 2.17. The van der Waals surface area contributed by atoms with E-state index in [0.29, 0.717) is 19.1 Å². The molecule has 1 aliphatic rings. The molecule has 0 saturated carbocycles. The highest BCUT2D eigenvalue weighted by molar-refractivity contribution is 5.73. The largest absolute Gasteiger partial charge is 0.379 e. The van der Waals surface area contributed by atoms with Gasteiger partial charge in [-0.05, 0) is 24.1 Å². The first-order valence-electron chi connectivity index (χ1n) is 8.64. The van der Waals surface area contributed by atoms with Gasteiger partial charge in [0.05, 0.1) is 18.9 Å². The Balaban J connectivity index is 1.39. The minimum atomic E-state index is -0.141. The van der Waals surface area contributed by atoms with Gasteiger partial charge in [-0.2, -0.15) is 5.10 Å². The number of amides is 2. The Morgan fingerprint density at radius 1 is 1.24 bits per heavy atom. The molecule has 1 aromatic carbocycles. The summed E-state index contributed by atoms with van der Waals surface area (Å²) in [7, 11) is 0. The van der Waals surface area contributed by atoms with Crippen molar-refractivity contribution in [3.05, 3.63) is 42.1 Å². The lowest BCUT2D eigenvalue weighted by molar-refractivity contribution is 0.0209. The van der Waals surface area contributed by atoms with E-state index in [2.05, 4.69) is 32.7 Å². The summed E-state index contributed by atoms with van der Waals surface area (Å²) >= 11 is 0. The Morgan fingerprint density at radius 2 is 2.00 bits per heavy atom. The molecule has 3 N–H and O–H groups in total. The molecule has 25 heavy (non-hydrogen) atoms. The third-order valence-corrected chi connectivity index (χ3v) is 4.45. The summed E-state index contributed by atoms with van der Waals surface area (Å²) in [5, 5.41) is 12.7. The van der Waals surface area contributed by atoms with Gasteiger partial charge < -0.3 is 15.4 Å². The third-order valence-electron chi connectivity index (χ3n) is 4.45. The van der Waals surface area contributed by atoms with Gasteiger partial charge in [0.25, 0.3) is 0 Å². The Kier molecular flexibility index (Phi) is 6.03. The minimum absolute atomic E-state index is 0.141. The van der Waals surface area contributed by atoms with Crippen LogP contribution >= 0.6 is 0 Å². The predicted octanol–water partition coefficient (Wildman–Crippen LogP) is 1.60. The van der Waals surface area contributed by atoms with Crippen molar-refractivity contribution < 1.29 is 9.53 Å². The number of urea groups is 1. The lowest BCUT2D eigenvalue weighted by Crippen LogP contribution is -2.48. The normalized spacial score (nSPS) is 16.4. The topological polar surface area (TPSA) is 82.3 Å². The zero-order valence-electron chi connectivity index (χ0n) is 14.5. The van der Waals surface area contributed by atoms with Crippen molar-refractivity contribution in [3.63, 3.8) is 0 Å². The monoisotopic (exact) mass is 343 g/mol. The highest BCUT2D eigenvalue weighted by Crippen LogP contribution is 2.16. The Morgan fingerprint density at radius 3 is 2.68 bits per heavy atom. The first-order chi connectivity index (χ1) is 12.2. The van der Waals surface area contributed by atoms with E-state index >= 15 is 0 Å². The van der Waals surface area contributed by atoms with Crippen LogP contribution in [0.4, 0.5) is 4.79 Å². The number of aromatic amines is 1. The Labute approximate surface area is 147 Å². The van der Waals surface area contributed by atoms with E-state index in [1.54, 1.807) is 6.20 Å². The number of H-pyrrole nitrogens is 1. The van der Waals surface area contributed by atoms with Crippen molar-refractivity contribution in [2.45, 2.75) is 19.5 Å². The molecule has 2 amide bonds. The highest BCUT2D eigenvalue weighted by atomic mass is 16.5. The minimum Gasteiger partial charge on any atom is -0.379 e. The van der Waals surface area contributed by atoms with Gasteiger partial charge in [-0.3, -0.25) is 10.00 Å². The van der Waals surface area contributed by atoms with E-state index in [-0.39, 0.29) is 6.03 Å². The van der Waals surface area contributed by atoms with Gasteiger partial charge in [-0.15, -0.1) is 0 Å². The summed E-state index contributed by atoms with van der Waals surface area (Å²) in [5.74, 6) is 0. The molecule has 7 heteroatoms. The number of carbonyl (C=O) groups is 1. The van der Waals surface area contributed by atoms with E-state index in [9.17, 15) is 4.79 Å². The fourth-order valence-corrected chi connectivity index (χ4v) is 2.85. The zero-order chi connectivity index (χ0) is 17.5. The van der Waals surface area contributed by atoms with E-state index in [1.807, 2.05) is 30.3 Å². The quantitative estimate of drug-likeness (QED) is 0.744. The van der Waals surface area contributed by atoms with E-state index < -0.39 is 0 Å². The van der Waals surface area contributed by atoms with Gasteiger partial charge >= 0.3 is 6.03 Å². The lowest BCUT2D eigenvalue weighted by atomic mass is 10.1. The van der Waals surface area contributed by atoms with Crippen LogP contribution in [0.25, 0.3) is 11.3 Å². The standard InChI is InChI=1S/C18H25N5O2/c1-14(23-8-10-25-11-9-23)12-19-18(24)20-13-15-2-4-16(5-3-15)17-6-7-21-22-17/h2-7,14H,8-13H2,1H3,(H,21,22)(H2,19,20,24)/t14-/m0/s1. The molecule has 0 spiro atoms. The third kappa shape index (κ3) is 5.04.